The fraction of sp³-hybridized carbons (Fsp3) is 1.00. The molecule has 2 N–H and O–H groups in total. The summed E-state index contributed by atoms with van der Waals surface area (Å²) in [6, 6.07) is 0.240. The Morgan fingerprint density at radius 1 is 1.21 bits per heavy atom. The van der Waals surface area contributed by atoms with E-state index in [2.05, 4.69) is 12.2 Å². The van der Waals surface area contributed by atoms with Crippen LogP contribution in [0.5, 0.6) is 0 Å². The third-order valence-corrected chi connectivity index (χ3v) is 2.05. The summed E-state index contributed by atoms with van der Waals surface area (Å²) in [7, 11) is 3.38. The number of hydrogen-bond acceptors (Lipinski definition) is 4. The highest BCUT2D eigenvalue weighted by Gasteiger charge is 2.08. The zero-order chi connectivity index (χ0) is 10.8. The molecule has 4 nitrogen and oxygen atoms in total. The SMILES string of the molecule is COCC(C)CNC(CCO)COC. The second-order valence-electron chi connectivity index (χ2n) is 3.63. The van der Waals surface area contributed by atoms with E-state index >= 15 is 0 Å². The van der Waals surface area contributed by atoms with Crippen molar-refractivity contribution in [3.63, 3.8) is 0 Å². The Morgan fingerprint density at radius 3 is 2.36 bits per heavy atom. The van der Waals surface area contributed by atoms with Gasteiger partial charge in [-0.05, 0) is 12.3 Å². The van der Waals surface area contributed by atoms with Gasteiger partial charge < -0.3 is 19.9 Å². The molecule has 2 atom stereocenters. The van der Waals surface area contributed by atoms with Gasteiger partial charge >= 0.3 is 0 Å². The van der Waals surface area contributed by atoms with E-state index in [1.54, 1.807) is 14.2 Å². The number of methoxy groups -OCH3 is 2. The molecule has 0 amide bonds. The predicted molar refractivity (Wildman–Crippen MR) is 56.4 cm³/mol. The van der Waals surface area contributed by atoms with Gasteiger partial charge in [-0.1, -0.05) is 6.92 Å². The largest absolute Gasteiger partial charge is 0.396 e. The zero-order valence-corrected chi connectivity index (χ0v) is 9.45. The first-order valence-electron chi connectivity index (χ1n) is 5.06. The summed E-state index contributed by atoms with van der Waals surface area (Å²) >= 11 is 0. The van der Waals surface area contributed by atoms with Crippen molar-refractivity contribution >= 4 is 0 Å². The molecule has 0 aromatic carbocycles. The Kier molecular flexibility index (Phi) is 9.29. The van der Waals surface area contributed by atoms with Crippen molar-refractivity contribution < 1.29 is 14.6 Å². The molecule has 2 unspecified atom stereocenters. The third-order valence-electron chi connectivity index (χ3n) is 2.05. The molecule has 0 bridgehead atoms. The van der Waals surface area contributed by atoms with E-state index in [-0.39, 0.29) is 12.6 Å². The van der Waals surface area contributed by atoms with E-state index in [1.165, 1.54) is 0 Å². The van der Waals surface area contributed by atoms with Crippen molar-refractivity contribution in [3.8, 4) is 0 Å². The second-order valence-corrected chi connectivity index (χ2v) is 3.63. The lowest BCUT2D eigenvalue weighted by Gasteiger charge is -2.19. The van der Waals surface area contributed by atoms with Crippen LogP contribution in [0.4, 0.5) is 0 Å². The maximum Gasteiger partial charge on any atom is 0.0616 e. The minimum atomic E-state index is 0.194. The van der Waals surface area contributed by atoms with Crippen molar-refractivity contribution in [2.75, 3.05) is 40.6 Å². The van der Waals surface area contributed by atoms with E-state index in [1.807, 2.05) is 0 Å². The Bertz CT molecular complexity index is 116. The second kappa shape index (κ2) is 9.40. The molecule has 0 spiro atoms. The van der Waals surface area contributed by atoms with E-state index in [0.29, 0.717) is 12.5 Å². The first-order valence-corrected chi connectivity index (χ1v) is 5.06. The lowest BCUT2D eigenvalue weighted by molar-refractivity contribution is 0.132. The van der Waals surface area contributed by atoms with Crippen LogP contribution >= 0.6 is 0 Å². The molecule has 0 rings (SSSR count). The van der Waals surface area contributed by atoms with Crippen LogP contribution in [0.25, 0.3) is 0 Å². The molecule has 0 aromatic heterocycles. The van der Waals surface area contributed by atoms with E-state index in [9.17, 15) is 0 Å². The topological polar surface area (TPSA) is 50.7 Å². The van der Waals surface area contributed by atoms with Crippen LogP contribution < -0.4 is 5.32 Å². The normalized spacial score (nSPS) is 15.4. The number of rotatable bonds is 9. The summed E-state index contributed by atoms with van der Waals surface area (Å²) < 4.78 is 10.1. The number of hydrogen-bond donors (Lipinski definition) is 2. The standard InChI is InChI=1S/C10H23NO3/c1-9(7-13-2)6-11-10(4-5-12)8-14-3/h9-12H,4-8H2,1-3H3. The molecular formula is C10H23NO3. The molecular weight excluding hydrogens is 182 g/mol. The van der Waals surface area contributed by atoms with Gasteiger partial charge in [0.05, 0.1) is 6.61 Å². The molecule has 0 fully saturated rings. The van der Waals surface area contributed by atoms with Crippen LogP contribution in [0.15, 0.2) is 0 Å². The van der Waals surface area contributed by atoms with Gasteiger partial charge in [0.15, 0.2) is 0 Å². The minimum Gasteiger partial charge on any atom is -0.396 e. The molecule has 0 aliphatic rings. The highest BCUT2D eigenvalue weighted by atomic mass is 16.5. The van der Waals surface area contributed by atoms with Crippen LogP contribution in [0, 0.1) is 5.92 Å². The fourth-order valence-electron chi connectivity index (χ4n) is 1.31. The number of nitrogens with one attached hydrogen (secondary N) is 1. The zero-order valence-electron chi connectivity index (χ0n) is 9.45. The summed E-state index contributed by atoms with van der Waals surface area (Å²) in [5.74, 6) is 0.484. The van der Waals surface area contributed by atoms with Crippen molar-refractivity contribution in [1.29, 1.82) is 0 Å². The molecule has 86 valence electrons. The van der Waals surface area contributed by atoms with Crippen molar-refractivity contribution in [1.82, 2.24) is 5.32 Å². The smallest absolute Gasteiger partial charge is 0.0616 e. The van der Waals surface area contributed by atoms with Gasteiger partial charge in [0.1, 0.15) is 0 Å². The van der Waals surface area contributed by atoms with Gasteiger partial charge in [-0.25, -0.2) is 0 Å². The monoisotopic (exact) mass is 205 g/mol. The van der Waals surface area contributed by atoms with Crippen LogP contribution in [-0.2, 0) is 9.47 Å². The molecule has 0 heterocycles. The van der Waals surface area contributed by atoms with E-state index < -0.39 is 0 Å². The maximum atomic E-state index is 8.81. The molecule has 0 radical (unpaired) electrons. The number of aliphatic hydroxyl groups excluding tert-OH is 1. The Labute approximate surface area is 86.6 Å². The molecule has 0 aliphatic carbocycles. The summed E-state index contributed by atoms with van der Waals surface area (Å²) in [5.41, 5.74) is 0. The maximum absolute atomic E-state index is 8.81. The van der Waals surface area contributed by atoms with Gasteiger partial charge in [-0.3, -0.25) is 0 Å². The third kappa shape index (κ3) is 7.26. The quantitative estimate of drug-likeness (QED) is 0.567. The van der Waals surface area contributed by atoms with E-state index in [0.717, 1.165) is 19.6 Å². The molecule has 0 saturated heterocycles. The Morgan fingerprint density at radius 2 is 1.86 bits per heavy atom. The van der Waals surface area contributed by atoms with Crippen LogP contribution in [0.3, 0.4) is 0 Å². The fourth-order valence-corrected chi connectivity index (χ4v) is 1.31. The summed E-state index contributed by atoms with van der Waals surface area (Å²) in [6.07, 6.45) is 0.730. The van der Waals surface area contributed by atoms with Gasteiger partial charge in [-0.15, -0.1) is 0 Å². The Balaban J connectivity index is 3.57. The van der Waals surface area contributed by atoms with Crippen LogP contribution in [-0.4, -0.2) is 51.7 Å². The summed E-state index contributed by atoms with van der Waals surface area (Å²) in [5, 5.41) is 12.2. The average Bonchev–Trinajstić information content (AvgIpc) is 2.15. The van der Waals surface area contributed by atoms with Crippen LogP contribution in [0.2, 0.25) is 0 Å². The molecule has 14 heavy (non-hydrogen) atoms. The summed E-state index contributed by atoms with van der Waals surface area (Å²) in [6.45, 7) is 4.60. The lowest BCUT2D eigenvalue weighted by Crippen LogP contribution is -2.37. The van der Waals surface area contributed by atoms with Gasteiger partial charge in [0.2, 0.25) is 0 Å². The highest BCUT2D eigenvalue weighted by molar-refractivity contribution is 4.67. The molecule has 0 aliphatic heterocycles. The average molecular weight is 205 g/mol. The van der Waals surface area contributed by atoms with Crippen molar-refractivity contribution in [3.05, 3.63) is 0 Å². The van der Waals surface area contributed by atoms with Crippen molar-refractivity contribution in [2.24, 2.45) is 5.92 Å². The van der Waals surface area contributed by atoms with Crippen molar-refractivity contribution in [2.45, 2.75) is 19.4 Å². The lowest BCUT2D eigenvalue weighted by atomic mass is 10.1. The molecule has 0 saturated carbocycles. The van der Waals surface area contributed by atoms with Gasteiger partial charge in [-0.2, -0.15) is 0 Å². The van der Waals surface area contributed by atoms with Gasteiger partial charge in [0, 0.05) is 40.0 Å². The first kappa shape index (κ1) is 13.8. The predicted octanol–water partition coefficient (Wildman–Crippen LogP) is 0.256. The highest BCUT2D eigenvalue weighted by Crippen LogP contribution is 1.97. The molecule has 0 aromatic rings. The van der Waals surface area contributed by atoms with E-state index in [4.69, 9.17) is 14.6 Å². The minimum absolute atomic E-state index is 0.194. The molecule has 4 heteroatoms. The number of ether oxygens (including phenoxy) is 2. The first-order chi connectivity index (χ1) is 6.74. The number of aliphatic hydroxyl groups is 1. The van der Waals surface area contributed by atoms with Gasteiger partial charge in [0.25, 0.3) is 0 Å². The Hall–Kier alpha value is -0.160. The van der Waals surface area contributed by atoms with Crippen LogP contribution in [0.1, 0.15) is 13.3 Å². The summed E-state index contributed by atoms with van der Waals surface area (Å²) in [4.78, 5) is 0.